The number of hydrogen-bond acceptors (Lipinski definition) is 4. The fraction of sp³-hybridized carbons (Fsp3) is 0.625. The van der Waals surface area contributed by atoms with Gasteiger partial charge in [0.2, 0.25) is 0 Å². The van der Waals surface area contributed by atoms with Crippen molar-refractivity contribution in [1.82, 2.24) is 4.90 Å². The average Bonchev–Trinajstić information content (AvgIpc) is 2.52. The van der Waals surface area contributed by atoms with Crippen LogP contribution in [0.25, 0.3) is 0 Å². The van der Waals surface area contributed by atoms with Crippen LogP contribution in [0.15, 0.2) is 24.3 Å². The minimum absolute atomic E-state index is 0.158. The fourth-order valence-corrected chi connectivity index (χ4v) is 2.83. The standard InChI is InChI=1S/C16H25N3O2/c20-19(21)16-10-4-3-9-15(16)17-11-5-1-6-12-18-13-7-2-8-14-18/h3-4,9-10,17H,1-2,5-8,11-14H2. The molecule has 0 atom stereocenters. The van der Waals surface area contributed by atoms with Gasteiger partial charge in [-0.2, -0.15) is 0 Å². The first-order chi connectivity index (χ1) is 10.3. The Morgan fingerprint density at radius 3 is 2.62 bits per heavy atom. The number of rotatable bonds is 8. The van der Waals surface area contributed by atoms with Crippen molar-refractivity contribution in [2.24, 2.45) is 0 Å². The number of piperidine rings is 1. The summed E-state index contributed by atoms with van der Waals surface area (Å²) in [6.07, 6.45) is 7.53. The van der Waals surface area contributed by atoms with Crippen LogP contribution >= 0.6 is 0 Å². The summed E-state index contributed by atoms with van der Waals surface area (Å²) in [6.45, 7) is 4.51. The minimum Gasteiger partial charge on any atom is -0.379 e. The lowest BCUT2D eigenvalue weighted by molar-refractivity contribution is -0.384. The lowest BCUT2D eigenvalue weighted by Gasteiger charge is -2.26. The van der Waals surface area contributed by atoms with Crippen LogP contribution in [0.1, 0.15) is 38.5 Å². The fourth-order valence-electron chi connectivity index (χ4n) is 2.83. The highest BCUT2D eigenvalue weighted by Crippen LogP contribution is 2.23. The Bertz CT molecular complexity index is 445. The van der Waals surface area contributed by atoms with E-state index in [9.17, 15) is 10.1 Å². The average molecular weight is 291 g/mol. The van der Waals surface area contributed by atoms with E-state index in [0.29, 0.717) is 5.69 Å². The Kier molecular flexibility index (Phi) is 6.47. The molecule has 1 aromatic carbocycles. The quantitative estimate of drug-likeness (QED) is 0.451. The number of nitro groups is 1. The number of nitro benzene ring substituents is 1. The Morgan fingerprint density at radius 2 is 1.86 bits per heavy atom. The first kappa shape index (κ1) is 15.8. The normalized spacial score (nSPS) is 15.8. The van der Waals surface area contributed by atoms with Gasteiger partial charge in [-0.05, 0) is 51.4 Å². The molecule has 1 N–H and O–H groups in total. The molecule has 0 aromatic heterocycles. The second-order valence-corrected chi connectivity index (χ2v) is 5.66. The monoisotopic (exact) mass is 291 g/mol. The summed E-state index contributed by atoms with van der Waals surface area (Å²) in [5, 5.41) is 14.1. The largest absolute Gasteiger partial charge is 0.379 e. The molecule has 1 heterocycles. The molecular weight excluding hydrogens is 266 g/mol. The van der Waals surface area contributed by atoms with E-state index in [1.54, 1.807) is 18.2 Å². The first-order valence-corrected chi connectivity index (χ1v) is 7.97. The topological polar surface area (TPSA) is 58.4 Å². The van der Waals surface area contributed by atoms with Gasteiger partial charge in [-0.15, -0.1) is 0 Å². The Labute approximate surface area is 126 Å². The number of anilines is 1. The number of nitrogens with zero attached hydrogens (tertiary/aromatic N) is 2. The molecule has 0 aliphatic carbocycles. The maximum Gasteiger partial charge on any atom is 0.292 e. The van der Waals surface area contributed by atoms with E-state index in [4.69, 9.17) is 0 Å². The molecule has 0 radical (unpaired) electrons. The molecule has 1 fully saturated rings. The number of nitrogens with one attached hydrogen (secondary N) is 1. The van der Waals surface area contributed by atoms with Gasteiger partial charge in [0, 0.05) is 12.6 Å². The van der Waals surface area contributed by atoms with Crippen LogP contribution < -0.4 is 5.32 Å². The molecule has 0 unspecified atom stereocenters. The van der Waals surface area contributed by atoms with Crippen LogP contribution in [0.3, 0.4) is 0 Å². The highest BCUT2D eigenvalue weighted by Gasteiger charge is 2.11. The zero-order valence-corrected chi connectivity index (χ0v) is 12.6. The maximum atomic E-state index is 10.9. The third-order valence-electron chi connectivity index (χ3n) is 4.02. The molecule has 5 nitrogen and oxygen atoms in total. The molecule has 0 saturated carbocycles. The molecule has 1 aromatic rings. The van der Waals surface area contributed by atoms with Gasteiger partial charge < -0.3 is 10.2 Å². The van der Waals surface area contributed by atoms with E-state index >= 15 is 0 Å². The molecule has 116 valence electrons. The SMILES string of the molecule is O=[N+]([O-])c1ccccc1NCCCCCN1CCCCC1. The van der Waals surface area contributed by atoms with E-state index < -0.39 is 0 Å². The molecule has 2 rings (SSSR count). The van der Waals surface area contributed by atoms with Crippen molar-refractivity contribution in [2.75, 3.05) is 31.5 Å². The van der Waals surface area contributed by atoms with E-state index in [-0.39, 0.29) is 10.6 Å². The van der Waals surface area contributed by atoms with E-state index in [1.165, 1.54) is 51.7 Å². The summed E-state index contributed by atoms with van der Waals surface area (Å²) in [7, 11) is 0. The van der Waals surface area contributed by atoms with Crippen LogP contribution in [-0.2, 0) is 0 Å². The van der Waals surface area contributed by atoms with Gasteiger partial charge in [0.15, 0.2) is 0 Å². The van der Waals surface area contributed by atoms with Crippen LogP contribution in [-0.4, -0.2) is 36.0 Å². The predicted octanol–water partition coefficient (Wildman–Crippen LogP) is 3.66. The second kappa shape index (κ2) is 8.62. The van der Waals surface area contributed by atoms with Crippen molar-refractivity contribution in [1.29, 1.82) is 0 Å². The molecule has 0 amide bonds. The number of benzene rings is 1. The highest BCUT2D eigenvalue weighted by atomic mass is 16.6. The number of likely N-dealkylation sites (tertiary alicyclic amines) is 1. The predicted molar refractivity (Wildman–Crippen MR) is 85.7 cm³/mol. The Hall–Kier alpha value is -1.62. The Balaban J connectivity index is 1.60. The summed E-state index contributed by atoms with van der Waals surface area (Å²) in [6, 6.07) is 6.83. The highest BCUT2D eigenvalue weighted by molar-refractivity contribution is 5.60. The van der Waals surface area contributed by atoms with Gasteiger partial charge in [-0.25, -0.2) is 0 Å². The van der Waals surface area contributed by atoms with Crippen molar-refractivity contribution in [3.05, 3.63) is 34.4 Å². The molecule has 1 saturated heterocycles. The zero-order chi connectivity index (χ0) is 14.9. The van der Waals surface area contributed by atoms with Crippen molar-refractivity contribution in [2.45, 2.75) is 38.5 Å². The van der Waals surface area contributed by atoms with Gasteiger partial charge >= 0.3 is 0 Å². The Morgan fingerprint density at radius 1 is 1.10 bits per heavy atom. The molecule has 0 spiro atoms. The van der Waals surface area contributed by atoms with Gasteiger partial charge in [-0.1, -0.05) is 25.0 Å². The molecule has 0 bridgehead atoms. The molecule has 5 heteroatoms. The maximum absolute atomic E-state index is 10.9. The van der Waals surface area contributed by atoms with Crippen molar-refractivity contribution < 1.29 is 4.92 Å². The van der Waals surface area contributed by atoms with E-state index in [2.05, 4.69) is 10.2 Å². The molecular formula is C16H25N3O2. The van der Waals surface area contributed by atoms with Crippen LogP contribution in [0.5, 0.6) is 0 Å². The summed E-state index contributed by atoms with van der Waals surface area (Å²) in [5.74, 6) is 0. The summed E-state index contributed by atoms with van der Waals surface area (Å²) < 4.78 is 0. The van der Waals surface area contributed by atoms with Gasteiger partial charge in [-0.3, -0.25) is 10.1 Å². The first-order valence-electron chi connectivity index (χ1n) is 7.97. The third kappa shape index (κ3) is 5.34. The summed E-state index contributed by atoms with van der Waals surface area (Å²) in [4.78, 5) is 13.1. The van der Waals surface area contributed by atoms with Crippen molar-refractivity contribution >= 4 is 11.4 Å². The van der Waals surface area contributed by atoms with Crippen molar-refractivity contribution in [3.63, 3.8) is 0 Å². The van der Waals surface area contributed by atoms with Crippen LogP contribution in [0.2, 0.25) is 0 Å². The minimum atomic E-state index is -0.335. The second-order valence-electron chi connectivity index (χ2n) is 5.66. The van der Waals surface area contributed by atoms with E-state index in [0.717, 1.165) is 13.0 Å². The number of unbranched alkanes of at least 4 members (excludes halogenated alkanes) is 2. The number of para-hydroxylation sites is 2. The van der Waals surface area contributed by atoms with E-state index in [1.807, 2.05) is 6.07 Å². The third-order valence-corrected chi connectivity index (χ3v) is 4.02. The molecule has 1 aliphatic rings. The van der Waals surface area contributed by atoms with Crippen LogP contribution in [0, 0.1) is 10.1 Å². The summed E-state index contributed by atoms with van der Waals surface area (Å²) in [5.41, 5.74) is 0.782. The lowest BCUT2D eigenvalue weighted by atomic mass is 10.1. The lowest BCUT2D eigenvalue weighted by Crippen LogP contribution is -2.30. The van der Waals surface area contributed by atoms with Crippen molar-refractivity contribution in [3.8, 4) is 0 Å². The molecule has 1 aliphatic heterocycles. The van der Waals surface area contributed by atoms with Gasteiger partial charge in [0.1, 0.15) is 5.69 Å². The van der Waals surface area contributed by atoms with Crippen LogP contribution in [0.4, 0.5) is 11.4 Å². The smallest absolute Gasteiger partial charge is 0.292 e. The van der Waals surface area contributed by atoms with Gasteiger partial charge in [0.25, 0.3) is 5.69 Å². The zero-order valence-electron chi connectivity index (χ0n) is 12.6. The van der Waals surface area contributed by atoms with Gasteiger partial charge in [0.05, 0.1) is 4.92 Å². The molecule has 21 heavy (non-hydrogen) atoms. The summed E-state index contributed by atoms with van der Waals surface area (Å²) >= 11 is 0. The number of hydrogen-bond donors (Lipinski definition) is 1.